The molecule has 4 rings (SSSR count). The quantitative estimate of drug-likeness (QED) is 0.604. The molecule has 0 atom stereocenters. The summed E-state index contributed by atoms with van der Waals surface area (Å²) in [6.07, 6.45) is 0. The lowest BCUT2D eigenvalue weighted by molar-refractivity contribution is 0.383. The van der Waals surface area contributed by atoms with Gasteiger partial charge in [-0.2, -0.15) is 4.31 Å². The zero-order valence-corrected chi connectivity index (χ0v) is 17.2. The van der Waals surface area contributed by atoms with Crippen LogP contribution in [0.1, 0.15) is 0 Å². The third-order valence-corrected chi connectivity index (χ3v) is 7.27. The first-order valence-corrected chi connectivity index (χ1v) is 11.1. The number of sulfonamides is 1. The van der Waals surface area contributed by atoms with E-state index in [1.54, 1.807) is 54.6 Å². The van der Waals surface area contributed by atoms with Crippen LogP contribution in [0.2, 0.25) is 5.02 Å². The van der Waals surface area contributed by atoms with Crippen LogP contribution in [0.3, 0.4) is 0 Å². The van der Waals surface area contributed by atoms with Crippen LogP contribution in [0.25, 0.3) is 11.1 Å². The van der Waals surface area contributed by atoms with Crippen LogP contribution < -0.4 is 4.90 Å². The fraction of sp³-hybridized carbons (Fsp3) is 0.182. The lowest BCUT2D eigenvalue weighted by Gasteiger charge is -2.35. The van der Waals surface area contributed by atoms with Crippen LogP contribution in [0.5, 0.6) is 0 Å². The SMILES string of the molecule is O=S(=O)(c1ccc(-c2ccc(Cl)cc2)cc1)N1CCN(c2ccccc2F)CC1. The van der Waals surface area contributed by atoms with E-state index in [0.717, 1.165) is 11.1 Å². The molecule has 3 aromatic rings. The van der Waals surface area contributed by atoms with Crippen molar-refractivity contribution in [3.63, 3.8) is 0 Å². The minimum Gasteiger partial charge on any atom is -0.367 e. The minimum absolute atomic E-state index is 0.259. The highest BCUT2D eigenvalue weighted by Gasteiger charge is 2.29. The number of nitrogens with zero attached hydrogens (tertiary/aromatic N) is 2. The normalized spacial score (nSPS) is 15.4. The van der Waals surface area contributed by atoms with Crippen LogP contribution in [0.4, 0.5) is 10.1 Å². The van der Waals surface area contributed by atoms with E-state index in [4.69, 9.17) is 11.6 Å². The second-order valence-electron chi connectivity index (χ2n) is 6.87. The van der Waals surface area contributed by atoms with E-state index in [9.17, 15) is 12.8 Å². The fourth-order valence-corrected chi connectivity index (χ4v) is 5.04. The van der Waals surface area contributed by atoms with Gasteiger partial charge >= 0.3 is 0 Å². The van der Waals surface area contributed by atoms with Gasteiger partial charge in [0.15, 0.2) is 0 Å². The molecule has 1 aliphatic rings. The number of rotatable bonds is 4. The van der Waals surface area contributed by atoms with Crippen molar-refractivity contribution in [2.75, 3.05) is 31.1 Å². The average molecular weight is 431 g/mol. The first-order chi connectivity index (χ1) is 13.9. The number of para-hydroxylation sites is 1. The van der Waals surface area contributed by atoms with Crippen molar-refractivity contribution in [1.82, 2.24) is 4.31 Å². The van der Waals surface area contributed by atoms with Crippen LogP contribution >= 0.6 is 11.6 Å². The Morgan fingerprint density at radius 1 is 0.759 bits per heavy atom. The Morgan fingerprint density at radius 2 is 1.31 bits per heavy atom. The molecule has 0 amide bonds. The summed E-state index contributed by atoms with van der Waals surface area (Å²) < 4.78 is 41.5. The summed E-state index contributed by atoms with van der Waals surface area (Å²) in [5.41, 5.74) is 2.40. The maximum absolute atomic E-state index is 14.0. The van der Waals surface area contributed by atoms with Crippen LogP contribution in [-0.4, -0.2) is 38.9 Å². The molecule has 0 bridgehead atoms. The molecule has 1 saturated heterocycles. The Kier molecular flexibility index (Phi) is 5.58. The molecule has 0 saturated carbocycles. The molecule has 29 heavy (non-hydrogen) atoms. The van der Waals surface area contributed by atoms with Gasteiger partial charge in [0.1, 0.15) is 5.82 Å². The molecule has 3 aromatic carbocycles. The highest BCUT2D eigenvalue weighted by molar-refractivity contribution is 7.89. The molecule has 1 heterocycles. The zero-order valence-electron chi connectivity index (χ0n) is 15.6. The van der Waals surface area contributed by atoms with Crippen molar-refractivity contribution in [2.24, 2.45) is 0 Å². The predicted octanol–water partition coefficient (Wildman–Crippen LogP) is 4.66. The molecule has 0 radical (unpaired) electrons. The van der Waals surface area contributed by atoms with Gasteiger partial charge in [0.2, 0.25) is 10.0 Å². The summed E-state index contributed by atoms with van der Waals surface area (Å²) in [6.45, 7) is 1.53. The molecular weight excluding hydrogens is 411 g/mol. The summed E-state index contributed by atoms with van der Waals surface area (Å²) in [6, 6.07) is 20.8. The minimum atomic E-state index is -3.59. The number of hydrogen-bond donors (Lipinski definition) is 0. The summed E-state index contributed by atoms with van der Waals surface area (Å²) in [5.74, 6) is -0.290. The van der Waals surface area contributed by atoms with Gasteiger partial charge in [0, 0.05) is 31.2 Å². The van der Waals surface area contributed by atoms with Gasteiger partial charge in [-0.1, -0.05) is 48.0 Å². The van der Waals surface area contributed by atoms with E-state index < -0.39 is 10.0 Å². The van der Waals surface area contributed by atoms with Gasteiger partial charge in [0.05, 0.1) is 10.6 Å². The Labute approximate surface area is 175 Å². The van der Waals surface area contributed by atoms with Crippen molar-refractivity contribution in [2.45, 2.75) is 4.90 Å². The van der Waals surface area contributed by atoms with Crippen molar-refractivity contribution in [1.29, 1.82) is 0 Å². The van der Waals surface area contributed by atoms with Crippen molar-refractivity contribution < 1.29 is 12.8 Å². The van der Waals surface area contributed by atoms with Crippen LogP contribution in [-0.2, 0) is 10.0 Å². The molecule has 0 spiro atoms. The largest absolute Gasteiger partial charge is 0.367 e. The van der Waals surface area contributed by atoms with Crippen molar-refractivity contribution >= 4 is 27.3 Å². The van der Waals surface area contributed by atoms with E-state index in [1.165, 1.54) is 10.4 Å². The number of anilines is 1. The molecule has 0 N–H and O–H groups in total. The van der Waals surface area contributed by atoms with Gasteiger partial charge < -0.3 is 4.90 Å². The van der Waals surface area contributed by atoms with Crippen molar-refractivity contribution in [3.05, 3.63) is 83.6 Å². The van der Waals surface area contributed by atoms with Gasteiger partial charge in [-0.15, -0.1) is 0 Å². The summed E-state index contributed by atoms with van der Waals surface area (Å²) in [4.78, 5) is 2.14. The summed E-state index contributed by atoms with van der Waals surface area (Å²) in [5, 5.41) is 0.655. The van der Waals surface area contributed by atoms with E-state index in [0.29, 0.717) is 36.9 Å². The number of hydrogen-bond acceptors (Lipinski definition) is 3. The molecule has 0 aliphatic carbocycles. The monoisotopic (exact) mass is 430 g/mol. The van der Waals surface area contributed by atoms with E-state index >= 15 is 0 Å². The first kappa shape index (κ1) is 19.9. The Hall–Kier alpha value is -2.41. The lowest BCUT2D eigenvalue weighted by atomic mass is 10.1. The van der Waals surface area contributed by atoms with E-state index in [-0.39, 0.29) is 10.7 Å². The second-order valence-corrected chi connectivity index (χ2v) is 9.25. The average Bonchev–Trinajstić information content (AvgIpc) is 2.75. The highest BCUT2D eigenvalue weighted by atomic mass is 35.5. The standard InChI is InChI=1S/C22H20ClFN2O2S/c23-19-9-5-17(6-10-19)18-7-11-20(12-8-18)29(27,28)26-15-13-25(14-16-26)22-4-2-1-3-21(22)24/h1-12H,13-16H2. The van der Waals surface area contributed by atoms with Gasteiger partial charge in [0.25, 0.3) is 0 Å². The second kappa shape index (κ2) is 8.14. The molecule has 7 heteroatoms. The molecule has 1 fully saturated rings. The molecule has 1 aliphatic heterocycles. The third-order valence-electron chi connectivity index (χ3n) is 5.10. The highest BCUT2D eigenvalue weighted by Crippen LogP contribution is 2.26. The predicted molar refractivity (Wildman–Crippen MR) is 114 cm³/mol. The summed E-state index contributed by atoms with van der Waals surface area (Å²) >= 11 is 5.92. The van der Waals surface area contributed by atoms with Crippen molar-refractivity contribution in [3.8, 4) is 11.1 Å². The Morgan fingerprint density at radius 3 is 1.90 bits per heavy atom. The molecule has 0 unspecified atom stereocenters. The molecular formula is C22H20ClFN2O2S. The number of piperazine rings is 1. The zero-order chi connectivity index (χ0) is 20.4. The first-order valence-electron chi connectivity index (χ1n) is 9.31. The summed E-state index contributed by atoms with van der Waals surface area (Å²) in [7, 11) is -3.59. The fourth-order valence-electron chi connectivity index (χ4n) is 3.49. The maximum Gasteiger partial charge on any atom is 0.243 e. The van der Waals surface area contributed by atoms with E-state index in [2.05, 4.69) is 0 Å². The smallest absolute Gasteiger partial charge is 0.243 e. The molecule has 150 valence electrons. The Bertz CT molecular complexity index is 1090. The number of benzene rings is 3. The van der Waals surface area contributed by atoms with Gasteiger partial charge in [-0.25, -0.2) is 12.8 Å². The third kappa shape index (κ3) is 4.15. The van der Waals surface area contributed by atoms with E-state index in [1.807, 2.05) is 17.0 Å². The number of halogens is 2. The topological polar surface area (TPSA) is 40.6 Å². The van der Waals surface area contributed by atoms with Crippen LogP contribution in [0, 0.1) is 5.82 Å². The Balaban J connectivity index is 1.48. The maximum atomic E-state index is 14.0. The van der Waals surface area contributed by atoms with Gasteiger partial charge in [-0.3, -0.25) is 0 Å². The van der Waals surface area contributed by atoms with Gasteiger partial charge in [-0.05, 0) is 47.5 Å². The lowest BCUT2D eigenvalue weighted by Crippen LogP contribution is -2.48. The van der Waals surface area contributed by atoms with Crippen LogP contribution in [0.15, 0.2) is 77.7 Å². The molecule has 4 nitrogen and oxygen atoms in total. The molecule has 0 aromatic heterocycles.